The lowest BCUT2D eigenvalue weighted by atomic mass is 9.86. The van der Waals surface area contributed by atoms with E-state index in [1.807, 2.05) is 25.5 Å². The fraction of sp³-hybridized carbons (Fsp3) is 0.500. The van der Waals surface area contributed by atoms with Crippen LogP contribution in [0.4, 0.5) is 16.4 Å². The summed E-state index contributed by atoms with van der Waals surface area (Å²) in [5.74, 6) is 0.848. The SMILES string of the molecule is CC(C)(C)OC(=O)NC1CCC(Cn2ncc3cnc(Nc4ccc(S(C)(=O)=O)cc4)nc32)CC1. The van der Waals surface area contributed by atoms with E-state index in [2.05, 4.69) is 25.7 Å². The molecule has 1 aliphatic rings. The van der Waals surface area contributed by atoms with Gasteiger partial charge in [0, 0.05) is 30.7 Å². The molecule has 0 saturated heterocycles. The molecule has 4 rings (SSSR count). The van der Waals surface area contributed by atoms with Gasteiger partial charge in [-0.3, -0.25) is 0 Å². The summed E-state index contributed by atoms with van der Waals surface area (Å²) in [6.07, 6.45) is 8.05. The zero-order chi connectivity index (χ0) is 25.2. The smallest absolute Gasteiger partial charge is 0.407 e. The Morgan fingerprint density at radius 1 is 1.11 bits per heavy atom. The number of amides is 1. The lowest BCUT2D eigenvalue weighted by Crippen LogP contribution is -2.41. The molecule has 2 heterocycles. The molecule has 0 bridgehead atoms. The van der Waals surface area contributed by atoms with Gasteiger partial charge in [0.1, 0.15) is 5.60 Å². The number of ether oxygens (including phenoxy) is 1. The van der Waals surface area contributed by atoms with Gasteiger partial charge < -0.3 is 15.4 Å². The second-order valence-corrected chi connectivity index (χ2v) is 12.1. The third-order valence-electron chi connectivity index (χ3n) is 5.91. The molecule has 1 fully saturated rings. The van der Waals surface area contributed by atoms with Crippen LogP contribution in [-0.2, 0) is 21.1 Å². The average Bonchev–Trinajstić information content (AvgIpc) is 3.15. The highest BCUT2D eigenvalue weighted by Crippen LogP contribution is 2.27. The van der Waals surface area contributed by atoms with Crippen LogP contribution in [0, 0.1) is 5.92 Å². The van der Waals surface area contributed by atoms with Crippen LogP contribution in [0.25, 0.3) is 11.0 Å². The van der Waals surface area contributed by atoms with E-state index in [0.29, 0.717) is 17.6 Å². The Hall–Kier alpha value is -3.21. The quantitative estimate of drug-likeness (QED) is 0.519. The van der Waals surface area contributed by atoms with Crippen LogP contribution in [0.1, 0.15) is 46.5 Å². The minimum Gasteiger partial charge on any atom is -0.444 e. The summed E-state index contributed by atoms with van der Waals surface area (Å²) in [7, 11) is -3.25. The van der Waals surface area contributed by atoms with E-state index in [4.69, 9.17) is 4.74 Å². The number of hydrogen-bond donors (Lipinski definition) is 2. The van der Waals surface area contributed by atoms with Crippen molar-refractivity contribution < 1.29 is 17.9 Å². The molecule has 2 N–H and O–H groups in total. The number of carbonyl (C=O) groups excluding carboxylic acids is 1. The van der Waals surface area contributed by atoms with E-state index in [1.165, 1.54) is 6.26 Å². The minimum absolute atomic E-state index is 0.127. The first-order valence-electron chi connectivity index (χ1n) is 11.7. The predicted molar refractivity (Wildman–Crippen MR) is 133 cm³/mol. The van der Waals surface area contributed by atoms with E-state index in [1.54, 1.807) is 36.7 Å². The molecule has 10 nitrogen and oxygen atoms in total. The van der Waals surface area contributed by atoms with Crippen molar-refractivity contribution >= 4 is 38.6 Å². The lowest BCUT2D eigenvalue weighted by molar-refractivity contribution is 0.0486. The molecule has 1 amide bonds. The number of carbonyl (C=O) groups is 1. The first kappa shape index (κ1) is 24.9. The zero-order valence-electron chi connectivity index (χ0n) is 20.5. The number of alkyl carbamates (subject to hydrolysis) is 1. The molecule has 35 heavy (non-hydrogen) atoms. The van der Waals surface area contributed by atoms with Gasteiger partial charge in [0.15, 0.2) is 15.5 Å². The molecule has 0 aliphatic heterocycles. The molecule has 11 heteroatoms. The molecule has 2 aromatic heterocycles. The van der Waals surface area contributed by atoms with Crippen molar-refractivity contribution in [2.45, 2.75) is 69.5 Å². The summed E-state index contributed by atoms with van der Waals surface area (Å²) in [5, 5.41) is 11.5. The number of fused-ring (bicyclic) bond motifs is 1. The van der Waals surface area contributed by atoms with Crippen LogP contribution >= 0.6 is 0 Å². The highest BCUT2D eigenvalue weighted by molar-refractivity contribution is 7.90. The first-order chi connectivity index (χ1) is 16.5. The van der Waals surface area contributed by atoms with Gasteiger partial charge in [0.2, 0.25) is 5.95 Å². The zero-order valence-corrected chi connectivity index (χ0v) is 21.3. The lowest BCUT2D eigenvalue weighted by Gasteiger charge is -2.30. The van der Waals surface area contributed by atoms with E-state index >= 15 is 0 Å². The Labute approximate surface area is 205 Å². The molecule has 0 unspecified atom stereocenters. The molecule has 1 aromatic carbocycles. The number of rotatable bonds is 6. The number of nitrogens with one attached hydrogen (secondary N) is 2. The van der Waals surface area contributed by atoms with Gasteiger partial charge in [-0.15, -0.1) is 0 Å². The summed E-state index contributed by atoms with van der Waals surface area (Å²) < 4.78 is 30.6. The highest BCUT2D eigenvalue weighted by atomic mass is 32.2. The number of anilines is 2. The van der Waals surface area contributed by atoms with Gasteiger partial charge in [-0.25, -0.2) is 22.9 Å². The molecule has 3 aromatic rings. The fourth-order valence-corrected chi connectivity index (χ4v) is 4.81. The van der Waals surface area contributed by atoms with E-state index in [0.717, 1.165) is 43.3 Å². The van der Waals surface area contributed by atoms with Crippen molar-refractivity contribution in [3.63, 3.8) is 0 Å². The molecule has 188 valence electrons. The Bertz CT molecular complexity index is 1290. The number of nitrogens with zero attached hydrogens (tertiary/aromatic N) is 4. The molecular formula is C24H32N6O4S. The van der Waals surface area contributed by atoms with Crippen LogP contribution < -0.4 is 10.6 Å². The van der Waals surface area contributed by atoms with Crippen molar-refractivity contribution in [1.29, 1.82) is 0 Å². The average molecular weight is 501 g/mol. The van der Waals surface area contributed by atoms with Crippen molar-refractivity contribution in [2.75, 3.05) is 11.6 Å². The number of hydrogen-bond acceptors (Lipinski definition) is 8. The molecule has 0 radical (unpaired) electrons. The predicted octanol–water partition coefficient (Wildman–Crippen LogP) is 4.06. The van der Waals surface area contributed by atoms with Gasteiger partial charge in [-0.1, -0.05) is 0 Å². The first-order valence-corrected chi connectivity index (χ1v) is 13.6. The minimum atomic E-state index is -3.25. The van der Waals surface area contributed by atoms with Crippen molar-refractivity contribution in [3.8, 4) is 0 Å². The van der Waals surface area contributed by atoms with E-state index < -0.39 is 15.4 Å². The van der Waals surface area contributed by atoms with Crippen LogP contribution in [0.5, 0.6) is 0 Å². The number of sulfone groups is 1. The van der Waals surface area contributed by atoms with Crippen molar-refractivity contribution in [3.05, 3.63) is 36.7 Å². The van der Waals surface area contributed by atoms with E-state index in [9.17, 15) is 13.2 Å². The van der Waals surface area contributed by atoms with Gasteiger partial charge in [-0.05, 0) is 76.6 Å². The fourth-order valence-electron chi connectivity index (χ4n) is 4.18. The highest BCUT2D eigenvalue weighted by Gasteiger charge is 2.25. The standard InChI is InChI=1S/C24H32N6O4S/c1-24(2,3)34-23(31)28-19-7-5-16(6-8-19)15-30-21-17(14-26-30)13-25-22(29-21)27-18-9-11-20(12-10-18)35(4,32)33/h9-14,16,19H,5-8,15H2,1-4H3,(H,28,31)(H,25,27,29). The largest absolute Gasteiger partial charge is 0.444 e. The van der Waals surface area contributed by atoms with E-state index in [-0.39, 0.29) is 17.0 Å². The molecular weight excluding hydrogens is 468 g/mol. The monoisotopic (exact) mass is 500 g/mol. The summed E-state index contributed by atoms with van der Waals surface area (Å²) in [4.78, 5) is 21.3. The Kier molecular flexibility index (Phi) is 6.98. The van der Waals surface area contributed by atoms with Crippen LogP contribution in [-0.4, -0.2) is 52.2 Å². The summed E-state index contributed by atoms with van der Waals surface area (Å²) in [6.45, 7) is 6.31. The van der Waals surface area contributed by atoms with Gasteiger partial charge in [-0.2, -0.15) is 10.1 Å². The Balaban J connectivity index is 1.37. The molecule has 0 spiro atoms. The summed E-state index contributed by atoms with van der Waals surface area (Å²) in [5.41, 5.74) is 0.931. The maximum absolute atomic E-state index is 12.0. The van der Waals surface area contributed by atoms with Crippen LogP contribution in [0.15, 0.2) is 41.6 Å². The Morgan fingerprint density at radius 3 is 2.43 bits per heavy atom. The second kappa shape index (κ2) is 9.80. The van der Waals surface area contributed by atoms with Crippen molar-refractivity contribution in [1.82, 2.24) is 25.1 Å². The normalized spacial score (nSPS) is 18.9. The van der Waals surface area contributed by atoms with Gasteiger partial charge in [0.25, 0.3) is 0 Å². The van der Waals surface area contributed by atoms with Crippen LogP contribution in [0.3, 0.4) is 0 Å². The van der Waals surface area contributed by atoms with Gasteiger partial charge in [0.05, 0.1) is 16.5 Å². The topological polar surface area (TPSA) is 128 Å². The third-order valence-corrected chi connectivity index (χ3v) is 7.04. The summed E-state index contributed by atoms with van der Waals surface area (Å²) >= 11 is 0. The number of aromatic nitrogens is 4. The third kappa shape index (κ3) is 6.68. The maximum Gasteiger partial charge on any atom is 0.407 e. The maximum atomic E-state index is 12.0. The van der Waals surface area contributed by atoms with Gasteiger partial charge >= 0.3 is 6.09 Å². The molecule has 0 atom stereocenters. The summed E-state index contributed by atoms with van der Waals surface area (Å²) in [6, 6.07) is 6.60. The Morgan fingerprint density at radius 2 is 1.80 bits per heavy atom. The molecule has 1 saturated carbocycles. The molecule has 1 aliphatic carbocycles. The van der Waals surface area contributed by atoms with Crippen molar-refractivity contribution in [2.24, 2.45) is 5.92 Å². The number of benzene rings is 1. The van der Waals surface area contributed by atoms with Crippen LogP contribution in [0.2, 0.25) is 0 Å². The second-order valence-electron chi connectivity index (χ2n) is 10.1.